The van der Waals surface area contributed by atoms with Crippen LogP contribution in [0, 0.1) is 0 Å². The van der Waals surface area contributed by atoms with Crippen molar-refractivity contribution < 1.29 is 16.8 Å². The van der Waals surface area contributed by atoms with Crippen LogP contribution in [0.2, 0.25) is 0 Å². The monoisotopic (exact) mass is 453 g/mol. The molecule has 31 heavy (non-hydrogen) atoms. The molecule has 7 nitrogen and oxygen atoms in total. The van der Waals surface area contributed by atoms with E-state index in [4.69, 9.17) is 5.14 Å². The average molecular weight is 454 g/mol. The molecule has 3 aromatic carbocycles. The first-order valence-electron chi connectivity index (χ1n) is 9.21. The van der Waals surface area contributed by atoms with Crippen molar-refractivity contribution in [1.29, 1.82) is 0 Å². The van der Waals surface area contributed by atoms with E-state index in [1.807, 2.05) is 12.1 Å². The Bertz CT molecular complexity index is 1520. The lowest BCUT2D eigenvalue weighted by molar-refractivity contribution is 0.597. The molecule has 0 spiro atoms. The van der Waals surface area contributed by atoms with E-state index in [2.05, 4.69) is 9.97 Å². The smallest absolute Gasteiger partial charge is 0.238 e. The molecule has 1 heterocycles. The lowest BCUT2D eigenvalue weighted by Crippen LogP contribution is -2.13. The highest BCUT2D eigenvalue weighted by Gasteiger charge is 2.15. The molecule has 9 heteroatoms. The number of fused-ring (bicyclic) bond motifs is 1. The number of hydrogen-bond donors (Lipinski definition) is 2. The second-order valence-corrected chi connectivity index (χ2v) is 10.6. The number of primary sulfonamides is 1. The lowest BCUT2D eigenvalue weighted by atomic mass is 10.1. The van der Waals surface area contributed by atoms with E-state index < -0.39 is 19.9 Å². The maximum absolute atomic E-state index is 11.9. The molecule has 0 aliphatic carbocycles. The number of H-pyrrole nitrogens is 1. The van der Waals surface area contributed by atoms with E-state index >= 15 is 0 Å². The van der Waals surface area contributed by atoms with Gasteiger partial charge in [-0.1, -0.05) is 42.5 Å². The van der Waals surface area contributed by atoms with Crippen molar-refractivity contribution >= 4 is 43.0 Å². The zero-order chi connectivity index (χ0) is 22.2. The van der Waals surface area contributed by atoms with E-state index in [0.29, 0.717) is 17.0 Å². The van der Waals surface area contributed by atoms with Crippen LogP contribution < -0.4 is 5.14 Å². The maximum atomic E-state index is 11.9. The number of sulfonamides is 1. The standard InChI is InChI=1S/C22H19N3O4S2/c1-30(26,27)17-10-6-15(7-11-17)8-13-22-24-19-12-9-16(14-20(19)25-22)18-4-2-3-5-21(18)31(23,28)29/h2-14H,1H3,(H,24,25)(H2,23,28,29)/b13-8+. The number of aromatic nitrogens is 2. The Morgan fingerprint density at radius 2 is 1.61 bits per heavy atom. The fraction of sp³-hybridized carbons (Fsp3) is 0.0455. The van der Waals surface area contributed by atoms with Gasteiger partial charge >= 0.3 is 0 Å². The van der Waals surface area contributed by atoms with Crippen LogP contribution in [-0.2, 0) is 19.9 Å². The maximum Gasteiger partial charge on any atom is 0.238 e. The SMILES string of the molecule is CS(=O)(=O)c1ccc(/C=C/c2nc3ccc(-c4ccccc4S(N)(=O)=O)cc3[nH]2)cc1. The van der Waals surface area contributed by atoms with Crippen LogP contribution in [0.5, 0.6) is 0 Å². The minimum absolute atomic E-state index is 0.0616. The minimum Gasteiger partial charge on any atom is -0.338 e. The van der Waals surface area contributed by atoms with Crippen LogP contribution in [0.3, 0.4) is 0 Å². The van der Waals surface area contributed by atoms with Crippen LogP contribution in [-0.4, -0.2) is 33.1 Å². The molecule has 0 amide bonds. The summed E-state index contributed by atoms with van der Waals surface area (Å²) in [5.74, 6) is 0.610. The predicted molar refractivity (Wildman–Crippen MR) is 121 cm³/mol. The Kier molecular flexibility index (Phi) is 5.26. The molecule has 0 unspecified atom stereocenters. The second kappa shape index (κ2) is 7.77. The Labute approximate surface area is 180 Å². The van der Waals surface area contributed by atoms with E-state index in [9.17, 15) is 16.8 Å². The Balaban J connectivity index is 1.65. The van der Waals surface area contributed by atoms with Crippen molar-refractivity contribution in [1.82, 2.24) is 9.97 Å². The number of rotatable bonds is 5. The molecule has 3 N–H and O–H groups in total. The van der Waals surface area contributed by atoms with Crippen molar-refractivity contribution in [3.8, 4) is 11.1 Å². The third-order valence-electron chi connectivity index (χ3n) is 4.75. The summed E-state index contributed by atoms with van der Waals surface area (Å²) in [6, 6.07) is 18.5. The fourth-order valence-corrected chi connectivity index (χ4v) is 4.62. The molecule has 0 aliphatic rings. The summed E-state index contributed by atoms with van der Waals surface area (Å²) in [5, 5.41) is 5.35. The van der Waals surface area contributed by atoms with Gasteiger partial charge in [0.1, 0.15) is 5.82 Å². The molecule has 4 aromatic rings. The second-order valence-electron chi connectivity index (χ2n) is 7.07. The van der Waals surface area contributed by atoms with Gasteiger partial charge in [0.15, 0.2) is 9.84 Å². The van der Waals surface area contributed by atoms with Gasteiger partial charge in [-0.2, -0.15) is 0 Å². The van der Waals surface area contributed by atoms with Crippen LogP contribution in [0.4, 0.5) is 0 Å². The number of sulfone groups is 1. The number of hydrogen-bond acceptors (Lipinski definition) is 5. The van der Waals surface area contributed by atoms with Crippen LogP contribution >= 0.6 is 0 Å². The van der Waals surface area contributed by atoms with E-state index in [1.165, 1.54) is 12.3 Å². The highest BCUT2D eigenvalue weighted by molar-refractivity contribution is 7.90. The van der Waals surface area contributed by atoms with Gasteiger partial charge in [-0.05, 0) is 47.5 Å². The molecular weight excluding hydrogens is 434 g/mol. The molecule has 4 rings (SSSR count). The van der Waals surface area contributed by atoms with Crippen molar-refractivity contribution in [3.05, 3.63) is 78.1 Å². The molecule has 1 aromatic heterocycles. The van der Waals surface area contributed by atoms with Crippen LogP contribution in [0.15, 0.2) is 76.5 Å². The molecule has 0 aliphatic heterocycles. The predicted octanol–water partition coefficient (Wildman–Crippen LogP) is 3.45. The zero-order valence-electron chi connectivity index (χ0n) is 16.5. The van der Waals surface area contributed by atoms with Crippen LogP contribution in [0.1, 0.15) is 11.4 Å². The summed E-state index contributed by atoms with van der Waals surface area (Å²) in [5.41, 5.74) is 3.52. The number of imidazole rings is 1. The normalized spacial score (nSPS) is 12.6. The summed E-state index contributed by atoms with van der Waals surface area (Å²) in [6.07, 6.45) is 4.77. The molecule has 0 radical (unpaired) electrons. The highest BCUT2D eigenvalue weighted by Crippen LogP contribution is 2.29. The lowest BCUT2D eigenvalue weighted by Gasteiger charge is -2.07. The summed E-state index contributed by atoms with van der Waals surface area (Å²) in [7, 11) is -7.09. The van der Waals surface area contributed by atoms with Gasteiger partial charge in [0, 0.05) is 11.8 Å². The molecule has 0 saturated carbocycles. The number of nitrogens with one attached hydrogen (secondary N) is 1. The first-order valence-corrected chi connectivity index (χ1v) is 12.7. The van der Waals surface area contributed by atoms with Crippen molar-refractivity contribution in [3.63, 3.8) is 0 Å². The van der Waals surface area contributed by atoms with E-state index in [-0.39, 0.29) is 9.79 Å². The molecule has 0 saturated heterocycles. The molecule has 0 bridgehead atoms. The first kappa shape index (κ1) is 21.0. The molecule has 0 atom stereocenters. The third-order valence-corrected chi connectivity index (χ3v) is 6.84. The van der Waals surface area contributed by atoms with Crippen LogP contribution in [0.25, 0.3) is 34.3 Å². The molecular formula is C22H19N3O4S2. The van der Waals surface area contributed by atoms with E-state index in [1.54, 1.807) is 60.7 Å². The zero-order valence-corrected chi connectivity index (χ0v) is 18.1. The number of benzene rings is 3. The van der Waals surface area contributed by atoms with Crippen molar-refractivity contribution in [2.75, 3.05) is 6.26 Å². The van der Waals surface area contributed by atoms with Gasteiger partial charge in [-0.25, -0.2) is 27.0 Å². The summed E-state index contributed by atoms with van der Waals surface area (Å²) < 4.78 is 46.9. The largest absolute Gasteiger partial charge is 0.338 e. The molecule has 0 fully saturated rings. The summed E-state index contributed by atoms with van der Waals surface area (Å²) in [6.45, 7) is 0. The topological polar surface area (TPSA) is 123 Å². The third kappa shape index (κ3) is 4.58. The van der Waals surface area contributed by atoms with Gasteiger partial charge in [0.2, 0.25) is 10.0 Å². The van der Waals surface area contributed by atoms with Gasteiger partial charge < -0.3 is 4.98 Å². The van der Waals surface area contributed by atoms with Crippen molar-refractivity contribution in [2.24, 2.45) is 5.14 Å². The Morgan fingerprint density at radius 1 is 0.903 bits per heavy atom. The first-order chi connectivity index (χ1) is 14.6. The Morgan fingerprint density at radius 3 is 2.29 bits per heavy atom. The van der Waals surface area contributed by atoms with Gasteiger partial charge in [0.05, 0.1) is 20.8 Å². The van der Waals surface area contributed by atoms with Crippen molar-refractivity contribution in [2.45, 2.75) is 9.79 Å². The minimum atomic E-state index is -3.86. The summed E-state index contributed by atoms with van der Waals surface area (Å²) in [4.78, 5) is 8.03. The van der Waals surface area contributed by atoms with Gasteiger partial charge in [-0.15, -0.1) is 0 Å². The van der Waals surface area contributed by atoms with Gasteiger partial charge in [0.25, 0.3) is 0 Å². The fourth-order valence-electron chi connectivity index (χ4n) is 3.23. The van der Waals surface area contributed by atoms with Gasteiger partial charge in [-0.3, -0.25) is 0 Å². The number of nitrogens with two attached hydrogens (primary N) is 1. The summed E-state index contributed by atoms with van der Waals surface area (Å²) >= 11 is 0. The quantitative estimate of drug-likeness (QED) is 0.479. The van der Waals surface area contributed by atoms with E-state index in [0.717, 1.165) is 16.6 Å². The number of nitrogens with zero attached hydrogens (tertiary/aromatic N) is 1. The highest BCUT2D eigenvalue weighted by atomic mass is 32.2. The Hall–Kier alpha value is -3.27. The molecule has 158 valence electrons. The number of aromatic amines is 1. The average Bonchev–Trinajstić information content (AvgIpc) is 3.13.